The molecule has 4 aromatic carbocycles. The summed E-state index contributed by atoms with van der Waals surface area (Å²) in [6.45, 7) is 10.2. The molecule has 1 aliphatic heterocycles. The van der Waals surface area contributed by atoms with Gasteiger partial charge in [0, 0.05) is 13.2 Å². The zero-order chi connectivity index (χ0) is 26.8. The summed E-state index contributed by atoms with van der Waals surface area (Å²) in [5.41, 5.74) is 13.9. The smallest absolute Gasteiger partial charge is 0.413 e. The van der Waals surface area contributed by atoms with E-state index in [1.165, 1.54) is 66.8 Å². The lowest BCUT2D eigenvalue weighted by Gasteiger charge is -2.32. The monoisotopic (exact) mass is 516 g/mol. The second-order valence-electron chi connectivity index (χ2n) is 11.7. The number of benzene rings is 4. The second kappa shape index (κ2) is 9.17. The van der Waals surface area contributed by atoms with Crippen LogP contribution < -0.4 is 0 Å². The molecule has 3 aliphatic rings. The van der Waals surface area contributed by atoms with Gasteiger partial charge in [0.2, 0.25) is 0 Å². The maximum atomic E-state index is 6.34. The number of fused-ring (bicyclic) bond motifs is 10. The molecule has 7 rings (SSSR count). The van der Waals surface area contributed by atoms with Gasteiger partial charge in [-0.3, -0.25) is 0 Å². The molecule has 0 atom stereocenters. The Labute approximate surface area is 231 Å². The Morgan fingerprint density at radius 3 is 1.08 bits per heavy atom. The molecule has 0 N–H and O–H groups in total. The van der Waals surface area contributed by atoms with Crippen molar-refractivity contribution >= 4 is 7.69 Å². The first-order chi connectivity index (χ1) is 18.9. The van der Waals surface area contributed by atoms with Gasteiger partial charge in [0.05, 0.1) is 24.0 Å². The Morgan fingerprint density at radius 2 is 0.769 bits per heavy atom. The van der Waals surface area contributed by atoms with E-state index in [4.69, 9.17) is 19.1 Å². The van der Waals surface area contributed by atoms with E-state index in [0.29, 0.717) is 26.4 Å². The van der Waals surface area contributed by atoms with Crippen LogP contribution in [0.5, 0.6) is 0 Å². The van der Waals surface area contributed by atoms with Crippen LogP contribution in [0.1, 0.15) is 44.5 Å². The Bertz CT molecular complexity index is 1390. The zero-order valence-electron chi connectivity index (χ0n) is 23.1. The van der Waals surface area contributed by atoms with Crippen molar-refractivity contribution in [1.82, 2.24) is 0 Å². The van der Waals surface area contributed by atoms with E-state index in [-0.39, 0.29) is 7.69 Å². The molecule has 0 radical (unpaired) electrons. The van der Waals surface area contributed by atoms with E-state index < -0.39 is 10.8 Å². The maximum Gasteiger partial charge on any atom is 0.438 e. The SMILES string of the molecule is Cc1ccc2c(c1)-c1cc(C)ccc1C21COBOCC2(COOC1)c1ccc(C)cc1-c1cc(C)ccc12. The molecule has 0 aromatic heterocycles. The van der Waals surface area contributed by atoms with Gasteiger partial charge in [-0.05, 0) is 72.2 Å². The van der Waals surface area contributed by atoms with Crippen LogP contribution in [0.25, 0.3) is 22.3 Å². The third-order valence-electron chi connectivity index (χ3n) is 8.90. The van der Waals surface area contributed by atoms with Crippen LogP contribution in [0.3, 0.4) is 0 Å². The lowest BCUT2D eigenvalue weighted by molar-refractivity contribution is -0.309. The zero-order valence-corrected chi connectivity index (χ0v) is 23.1. The highest BCUT2D eigenvalue weighted by Crippen LogP contribution is 2.52. The second-order valence-corrected chi connectivity index (χ2v) is 11.7. The van der Waals surface area contributed by atoms with Crippen molar-refractivity contribution in [2.75, 3.05) is 26.4 Å². The van der Waals surface area contributed by atoms with Gasteiger partial charge in [0.15, 0.2) is 0 Å². The highest BCUT2D eigenvalue weighted by Gasteiger charge is 2.47. The van der Waals surface area contributed by atoms with Gasteiger partial charge in [-0.2, -0.15) is 0 Å². The van der Waals surface area contributed by atoms with Crippen LogP contribution in [0.2, 0.25) is 0 Å². The van der Waals surface area contributed by atoms with Gasteiger partial charge in [-0.1, -0.05) is 95.1 Å². The van der Waals surface area contributed by atoms with E-state index in [0.717, 1.165) is 0 Å². The summed E-state index contributed by atoms with van der Waals surface area (Å²) in [5.74, 6) is 0. The van der Waals surface area contributed by atoms with Crippen molar-refractivity contribution in [3.05, 3.63) is 117 Å². The molecule has 1 heterocycles. The molecule has 4 aromatic rings. The van der Waals surface area contributed by atoms with Crippen LogP contribution in [0.4, 0.5) is 0 Å². The fourth-order valence-electron chi connectivity index (χ4n) is 6.96. The average molecular weight is 516 g/mol. The first kappa shape index (κ1) is 24.8. The normalized spacial score (nSPS) is 18.6. The van der Waals surface area contributed by atoms with Crippen LogP contribution in [-0.4, -0.2) is 34.1 Å². The number of rotatable bonds is 0. The Kier molecular flexibility index (Phi) is 5.83. The summed E-state index contributed by atoms with van der Waals surface area (Å²) in [6.07, 6.45) is 0. The molecule has 2 spiro atoms. The lowest BCUT2D eigenvalue weighted by Crippen LogP contribution is -2.38. The number of hydrogen-bond donors (Lipinski definition) is 0. The predicted molar refractivity (Wildman–Crippen MR) is 155 cm³/mol. The van der Waals surface area contributed by atoms with Gasteiger partial charge in [0.25, 0.3) is 0 Å². The predicted octanol–water partition coefficient (Wildman–Crippen LogP) is 6.41. The molecule has 4 nitrogen and oxygen atoms in total. The third kappa shape index (κ3) is 3.75. The molecular weight excluding hydrogens is 483 g/mol. The molecule has 1 fully saturated rings. The summed E-state index contributed by atoms with van der Waals surface area (Å²) in [4.78, 5) is 12.4. The van der Waals surface area contributed by atoms with Crippen molar-refractivity contribution in [2.45, 2.75) is 38.5 Å². The van der Waals surface area contributed by atoms with Crippen molar-refractivity contribution in [3.8, 4) is 22.3 Å². The van der Waals surface area contributed by atoms with Gasteiger partial charge < -0.3 is 9.31 Å². The van der Waals surface area contributed by atoms with Crippen molar-refractivity contribution in [1.29, 1.82) is 0 Å². The standard InChI is InChI=1S/C34H33BO4/c1-21-5-9-29-25(13-21)26-14-22(2)6-10-30(26)33(29)17-36-35-37-18-34(20-39-38-19-33)31-11-7-23(3)15-27(31)28-16-24(4)8-12-32(28)34/h5-16,35H,17-20H2,1-4H3. The Morgan fingerprint density at radius 1 is 0.462 bits per heavy atom. The minimum Gasteiger partial charge on any atom is -0.413 e. The van der Waals surface area contributed by atoms with Gasteiger partial charge in [-0.15, -0.1) is 0 Å². The molecular formula is C34H33BO4. The van der Waals surface area contributed by atoms with Crippen molar-refractivity contribution in [3.63, 3.8) is 0 Å². The molecule has 196 valence electrons. The Hall–Kier alpha value is -3.22. The minimum absolute atomic E-state index is 0.203. The van der Waals surface area contributed by atoms with Gasteiger partial charge in [-0.25, -0.2) is 9.78 Å². The summed E-state index contributed by atoms with van der Waals surface area (Å²) >= 11 is 0. The summed E-state index contributed by atoms with van der Waals surface area (Å²) in [7, 11) is 0.203. The fourth-order valence-corrected chi connectivity index (χ4v) is 6.96. The highest BCUT2D eigenvalue weighted by molar-refractivity contribution is 6.18. The Balaban J connectivity index is 1.28. The number of hydrogen-bond acceptors (Lipinski definition) is 4. The minimum atomic E-state index is -0.480. The number of aryl methyl sites for hydroxylation is 4. The average Bonchev–Trinajstić information content (AvgIpc) is 3.30. The molecule has 0 saturated carbocycles. The first-order valence-corrected chi connectivity index (χ1v) is 13.8. The van der Waals surface area contributed by atoms with E-state index in [1.807, 2.05) is 0 Å². The van der Waals surface area contributed by atoms with Gasteiger partial charge >= 0.3 is 7.69 Å². The summed E-state index contributed by atoms with van der Waals surface area (Å²) < 4.78 is 12.7. The quantitative estimate of drug-likeness (QED) is 0.200. The third-order valence-corrected chi connectivity index (χ3v) is 8.90. The molecule has 0 bridgehead atoms. The maximum absolute atomic E-state index is 6.34. The van der Waals surface area contributed by atoms with Crippen LogP contribution in [0, 0.1) is 27.7 Å². The molecule has 2 aliphatic carbocycles. The van der Waals surface area contributed by atoms with Crippen LogP contribution in [-0.2, 0) is 29.9 Å². The molecule has 5 heteroatoms. The first-order valence-electron chi connectivity index (χ1n) is 13.8. The summed E-state index contributed by atoms with van der Waals surface area (Å²) in [6, 6.07) is 26.7. The van der Waals surface area contributed by atoms with E-state index >= 15 is 0 Å². The molecule has 0 amide bonds. The van der Waals surface area contributed by atoms with Crippen molar-refractivity contribution in [2.24, 2.45) is 0 Å². The molecule has 0 unspecified atom stereocenters. The molecule has 39 heavy (non-hydrogen) atoms. The summed E-state index contributed by atoms with van der Waals surface area (Å²) in [5, 5.41) is 0. The van der Waals surface area contributed by atoms with E-state index in [9.17, 15) is 0 Å². The van der Waals surface area contributed by atoms with E-state index in [1.54, 1.807) is 0 Å². The lowest BCUT2D eigenvalue weighted by atomic mass is 9.79. The topological polar surface area (TPSA) is 36.9 Å². The van der Waals surface area contributed by atoms with E-state index in [2.05, 4.69) is 100 Å². The van der Waals surface area contributed by atoms with Crippen LogP contribution in [0.15, 0.2) is 72.8 Å². The molecule has 1 saturated heterocycles. The fraction of sp³-hybridized carbons (Fsp3) is 0.294. The van der Waals surface area contributed by atoms with Crippen LogP contribution >= 0.6 is 0 Å². The van der Waals surface area contributed by atoms with Gasteiger partial charge in [0.1, 0.15) is 0 Å². The highest BCUT2D eigenvalue weighted by atomic mass is 17.2. The largest absolute Gasteiger partial charge is 0.438 e. The van der Waals surface area contributed by atoms with Crippen molar-refractivity contribution < 1.29 is 19.1 Å².